The van der Waals surface area contributed by atoms with E-state index in [4.69, 9.17) is 24.4 Å². The molecule has 0 bridgehead atoms. The minimum absolute atomic E-state index is 0.0281. The molecular weight excluding hydrogens is 440 g/mol. The fourth-order valence-corrected chi connectivity index (χ4v) is 4.15. The topological polar surface area (TPSA) is 126 Å². The fraction of sp³-hybridized carbons (Fsp3) is 0.885. The maximum Gasteiger partial charge on any atom is 0.303 e. The Morgan fingerprint density at radius 2 is 1.41 bits per heavy atom. The van der Waals surface area contributed by atoms with Crippen molar-refractivity contribution in [2.24, 2.45) is 0 Å². The lowest BCUT2D eigenvalue weighted by Gasteiger charge is -2.32. The van der Waals surface area contributed by atoms with E-state index in [2.05, 4.69) is 19.1 Å². The molecule has 4 N–H and O–H groups in total. The average molecular weight is 489 g/mol. The maximum atomic E-state index is 10.3. The van der Waals surface area contributed by atoms with Crippen LogP contribution in [0.2, 0.25) is 0 Å². The first kappa shape index (κ1) is 31.0. The summed E-state index contributed by atoms with van der Waals surface area (Å²) in [4.78, 5) is 10.3. The van der Waals surface area contributed by atoms with Crippen LogP contribution in [0.1, 0.15) is 96.8 Å². The quantitative estimate of drug-likeness (QED) is 0.179. The molecule has 8 nitrogen and oxygen atoms in total. The molecule has 2 aliphatic heterocycles. The van der Waals surface area contributed by atoms with Gasteiger partial charge in [0.1, 0.15) is 24.9 Å². The molecule has 2 heterocycles. The fourth-order valence-electron chi connectivity index (χ4n) is 4.15. The third kappa shape index (κ3) is 12.6. The standard InChI is InChI=1S/C18H34O2.C8H14O6/c1-2-3-4-5-6-7-8-9-10-11-12-13-14-15-16-17-18(19)20;9-4-8(13-1-2-14-8)7-6(11)5(10)3-12-7/h9-10H,2-8,11-17H2,1H3,(H,19,20);5-7,9-11H,1-4H2/b10-9-;/t;5-,6+,7-/m.0/s1. The number of aliphatic carboxylic acids is 1. The van der Waals surface area contributed by atoms with Gasteiger partial charge >= 0.3 is 5.97 Å². The van der Waals surface area contributed by atoms with Gasteiger partial charge in [-0.05, 0) is 32.1 Å². The van der Waals surface area contributed by atoms with Crippen molar-refractivity contribution in [2.75, 3.05) is 26.4 Å². The lowest BCUT2D eigenvalue weighted by atomic mass is 10.0. The summed E-state index contributed by atoms with van der Waals surface area (Å²) >= 11 is 0. The van der Waals surface area contributed by atoms with Crippen LogP contribution >= 0.6 is 0 Å². The zero-order valence-corrected chi connectivity index (χ0v) is 21.0. The molecule has 0 aromatic heterocycles. The van der Waals surface area contributed by atoms with E-state index in [9.17, 15) is 15.0 Å². The van der Waals surface area contributed by atoms with Crippen LogP contribution in [0.4, 0.5) is 0 Å². The average Bonchev–Trinajstić information content (AvgIpc) is 3.44. The third-order valence-electron chi connectivity index (χ3n) is 6.23. The number of carboxylic acids is 1. The van der Waals surface area contributed by atoms with Gasteiger partial charge in [0.25, 0.3) is 0 Å². The molecular formula is C26H48O8. The summed E-state index contributed by atoms with van der Waals surface area (Å²) in [6.45, 7) is 2.59. The molecule has 0 aliphatic carbocycles. The van der Waals surface area contributed by atoms with Crippen LogP contribution in [0.3, 0.4) is 0 Å². The number of aliphatic hydroxyl groups is 3. The summed E-state index contributed by atoms with van der Waals surface area (Å²) in [6.07, 6.45) is 18.4. The molecule has 0 saturated carbocycles. The van der Waals surface area contributed by atoms with Gasteiger partial charge in [0.15, 0.2) is 0 Å². The van der Waals surface area contributed by atoms with Crippen LogP contribution in [0, 0.1) is 0 Å². The molecule has 8 heteroatoms. The van der Waals surface area contributed by atoms with Crippen molar-refractivity contribution in [3.63, 3.8) is 0 Å². The van der Waals surface area contributed by atoms with Crippen molar-refractivity contribution >= 4 is 5.97 Å². The van der Waals surface area contributed by atoms with E-state index in [0.717, 1.165) is 12.8 Å². The maximum absolute atomic E-state index is 10.3. The van der Waals surface area contributed by atoms with Crippen molar-refractivity contribution in [1.82, 2.24) is 0 Å². The summed E-state index contributed by atoms with van der Waals surface area (Å²) in [5, 5.41) is 36.5. The molecule has 0 amide bonds. The van der Waals surface area contributed by atoms with Gasteiger partial charge < -0.3 is 34.6 Å². The second-order valence-corrected chi connectivity index (χ2v) is 9.21. The van der Waals surface area contributed by atoms with E-state index in [-0.39, 0.29) is 6.61 Å². The smallest absolute Gasteiger partial charge is 0.303 e. The van der Waals surface area contributed by atoms with E-state index in [1.54, 1.807) is 0 Å². The summed E-state index contributed by atoms with van der Waals surface area (Å²) in [5.74, 6) is -1.97. The Kier molecular flexibility index (Phi) is 17.5. The first-order valence-corrected chi connectivity index (χ1v) is 13.2. The highest BCUT2D eigenvalue weighted by molar-refractivity contribution is 5.66. The zero-order chi connectivity index (χ0) is 25.1. The largest absolute Gasteiger partial charge is 0.481 e. The molecule has 34 heavy (non-hydrogen) atoms. The number of carboxylic acid groups (broad SMARTS) is 1. The Morgan fingerprint density at radius 1 is 0.882 bits per heavy atom. The van der Waals surface area contributed by atoms with E-state index in [0.29, 0.717) is 19.6 Å². The highest BCUT2D eigenvalue weighted by Crippen LogP contribution is 2.31. The van der Waals surface area contributed by atoms with Gasteiger partial charge in [-0.3, -0.25) is 4.79 Å². The van der Waals surface area contributed by atoms with E-state index >= 15 is 0 Å². The van der Waals surface area contributed by atoms with Crippen molar-refractivity contribution in [1.29, 1.82) is 0 Å². The second kappa shape index (κ2) is 19.2. The Hall–Kier alpha value is -1.03. The Bertz CT molecular complexity index is 533. The number of hydrogen-bond acceptors (Lipinski definition) is 7. The number of hydrogen-bond donors (Lipinski definition) is 4. The number of carbonyl (C=O) groups is 1. The minimum atomic E-state index is -1.31. The van der Waals surface area contributed by atoms with Crippen LogP contribution in [-0.4, -0.2) is 76.9 Å². The van der Waals surface area contributed by atoms with Gasteiger partial charge in [0, 0.05) is 6.42 Å². The number of rotatable bonds is 17. The lowest BCUT2D eigenvalue weighted by molar-refractivity contribution is -0.254. The van der Waals surface area contributed by atoms with Crippen molar-refractivity contribution in [3.8, 4) is 0 Å². The van der Waals surface area contributed by atoms with Crippen LogP contribution < -0.4 is 0 Å². The minimum Gasteiger partial charge on any atom is -0.481 e. The number of allylic oxidation sites excluding steroid dienone is 2. The lowest BCUT2D eigenvalue weighted by Crippen LogP contribution is -2.52. The third-order valence-corrected chi connectivity index (χ3v) is 6.23. The monoisotopic (exact) mass is 488 g/mol. The zero-order valence-electron chi connectivity index (χ0n) is 21.0. The van der Waals surface area contributed by atoms with Gasteiger partial charge in [0.05, 0.1) is 19.8 Å². The highest BCUT2D eigenvalue weighted by atomic mass is 16.8. The number of aliphatic hydroxyl groups excluding tert-OH is 3. The molecule has 0 radical (unpaired) electrons. The second-order valence-electron chi connectivity index (χ2n) is 9.21. The highest BCUT2D eigenvalue weighted by Gasteiger charge is 2.53. The van der Waals surface area contributed by atoms with Gasteiger partial charge in [-0.2, -0.15) is 0 Å². The van der Waals surface area contributed by atoms with Crippen LogP contribution in [0.25, 0.3) is 0 Å². The summed E-state index contributed by atoms with van der Waals surface area (Å²) < 4.78 is 15.6. The molecule has 200 valence electrons. The Balaban J connectivity index is 0.000000358. The SMILES string of the molecule is CCCCCCCC/C=C\CCCCCCCC(=O)O.OCC1([C@H]2OC[C@H](O)[C@H]2O)OCCO1. The predicted molar refractivity (Wildman–Crippen MR) is 131 cm³/mol. The molecule has 0 spiro atoms. The summed E-state index contributed by atoms with van der Waals surface area (Å²) in [6, 6.07) is 0. The molecule has 0 aromatic rings. The van der Waals surface area contributed by atoms with E-state index < -0.39 is 36.7 Å². The first-order valence-electron chi connectivity index (χ1n) is 13.2. The van der Waals surface area contributed by atoms with E-state index in [1.807, 2.05) is 0 Å². The normalized spacial score (nSPS) is 23.8. The molecule has 2 fully saturated rings. The Morgan fingerprint density at radius 3 is 1.88 bits per heavy atom. The molecule has 2 saturated heterocycles. The van der Waals surface area contributed by atoms with E-state index in [1.165, 1.54) is 70.6 Å². The van der Waals surface area contributed by atoms with Gasteiger partial charge in [-0.25, -0.2) is 0 Å². The van der Waals surface area contributed by atoms with Gasteiger partial charge in [-0.15, -0.1) is 0 Å². The number of unbranched alkanes of at least 4 members (excludes halogenated alkanes) is 11. The summed E-state index contributed by atoms with van der Waals surface area (Å²) in [7, 11) is 0. The molecule has 0 unspecified atom stereocenters. The van der Waals surface area contributed by atoms with Crippen LogP contribution in [0.15, 0.2) is 12.2 Å². The van der Waals surface area contributed by atoms with Crippen LogP contribution in [0.5, 0.6) is 0 Å². The molecule has 2 aliphatic rings. The number of ether oxygens (including phenoxy) is 3. The van der Waals surface area contributed by atoms with Crippen LogP contribution in [-0.2, 0) is 19.0 Å². The van der Waals surface area contributed by atoms with Crippen molar-refractivity contribution in [3.05, 3.63) is 12.2 Å². The molecule has 2 rings (SSSR count). The van der Waals surface area contributed by atoms with Gasteiger partial charge in [-0.1, -0.05) is 70.4 Å². The van der Waals surface area contributed by atoms with Crippen molar-refractivity contribution < 1.29 is 39.4 Å². The molecule has 3 atom stereocenters. The Labute approximate surface area is 205 Å². The first-order chi connectivity index (χ1) is 16.5. The predicted octanol–water partition coefficient (Wildman–Crippen LogP) is 3.95. The van der Waals surface area contributed by atoms with Crippen molar-refractivity contribution in [2.45, 2.75) is 121 Å². The summed E-state index contributed by atoms with van der Waals surface area (Å²) in [5.41, 5.74) is 0. The van der Waals surface area contributed by atoms with Gasteiger partial charge in [0.2, 0.25) is 5.79 Å². The molecule has 0 aromatic carbocycles.